The van der Waals surface area contributed by atoms with Gasteiger partial charge in [-0.3, -0.25) is 4.90 Å². The van der Waals surface area contributed by atoms with Gasteiger partial charge in [-0.25, -0.2) is 4.79 Å². The van der Waals surface area contributed by atoms with Gasteiger partial charge in [0.2, 0.25) is 0 Å². The number of benzene rings is 1. The summed E-state index contributed by atoms with van der Waals surface area (Å²) < 4.78 is 10.8. The lowest BCUT2D eigenvalue weighted by molar-refractivity contribution is -0.156. The van der Waals surface area contributed by atoms with Crippen LogP contribution in [-0.2, 0) is 16.1 Å². The van der Waals surface area contributed by atoms with Crippen molar-refractivity contribution in [2.24, 2.45) is 0 Å². The average molecular weight is 346 g/mol. The molecule has 20 heavy (non-hydrogen) atoms. The zero-order valence-corrected chi connectivity index (χ0v) is 12.6. The van der Waals surface area contributed by atoms with E-state index in [1.54, 1.807) is 12.1 Å². The minimum atomic E-state index is -0.945. The number of halogens is 1. The monoisotopic (exact) mass is 345 g/mol. The first-order valence-corrected chi connectivity index (χ1v) is 6.92. The minimum absolute atomic E-state index is 0.0571. The van der Waals surface area contributed by atoms with Crippen molar-refractivity contribution in [1.29, 1.82) is 0 Å². The zero-order chi connectivity index (χ0) is 14.7. The van der Waals surface area contributed by atoms with Crippen LogP contribution in [-0.4, -0.2) is 54.0 Å². The predicted molar refractivity (Wildman–Crippen MR) is 75.0 cm³/mol. The standard InChI is InChI=1S/C13H16BrNO5/c1-19-10-5-8(4-9(14)12(10)16)6-15-2-3-20-11(7-15)13(17)18/h4-5,11,16H,2-3,6-7H2,1H3,(H,17,18). The van der Waals surface area contributed by atoms with E-state index in [0.29, 0.717) is 36.5 Å². The Labute approximate surface area is 125 Å². The van der Waals surface area contributed by atoms with E-state index in [1.807, 2.05) is 4.90 Å². The van der Waals surface area contributed by atoms with Gasteiger partial charge in [0.1, 0.15) is 0 Å². The summed E-state index contributed by atoms with van der Waals surface area (Å²) >= 11 is 3.27. The lowest BCUT2D eigenvalue weighted by Gasteiger charge is -2.30. The Morgan fingerprint density at radius 1 is 1.60 bits per heavy atom. The molecule has 1 unspecified atom stereocenters. The molecule has 1 saturated heterocycles. The number of hydrogen-bond donors (Lipinski definition) is 2. The van der Waals surface area contributed by atoms with Crippen molar-refractivity contribution >= 4 is 21.9 Å². The molecule has 2 N–H and O–H groups in total. The summed E-state index contributed by atoms with van der Waals surface area (Å²) in [5.74, 6) is -0.502. The SMILES string of the molecule is COc1cc(CN2CCOC(C(=O)O)C2)cc(Br)c1O. The molecule has 0 amide bonds. The van der Waals surface area contributed by atoms with Gasteiger partial charge < -0.3 is 19.7 Å². The van der Waals surface area contributed by atoms with Crippen LogP contribution >= 0.6 is 15.9 Å². The minimum Gasteiger partial charge on any atom is -0.503 e. The number of methoxy groups -OCH3 is 1. The number of rotatable bonds is 4. The van der Waals surface area contributed by atoms with Gasteiger partial charge in [-0.15, -0.1) is 0 Å². The molecule has 0 radical (unpaired) electrons. The highest BCUT2D eigenvalue weighted by Crippen LogP contribution is 2.35. The Hall–Kier alpha value is -1.31. The maximum absolute atomic E-state index is 10.9. The van der Waals surface area contributed by atoms with Crippen LogP contribution in [0.4, 0.5) is 0 Å². The highest BCUT2D eigenvalue weighted by molar-refractivity contribution is 9.10. The Morgan fingerprint density at radius 2 is 2.35 bits per heavy atom. The molecule has 2 rings (SSSR count). The molecule has 0 bridgehead atoms. The van der Waals surface area contributed by atoms with Crippen molar-refractivity contribution in [3.63, 3.8) is 0 Å². The van der Waals surface area contributed by atoms with E-state index in [1.165, 1.54) is 7.11 Å². The number of aromatic hydroxyl groups is 1. The molecule has 1 aromatic carbocycles. The molecule has 1 aromatic rings. The molecular weight excluding hydrogens is 330 g/mol. The van der Waals surface area contributed by atoms with E-state index in [0.717, 1.165) is 5.56 Å². The van der Waals surface area contributed by atoms with Crippen LogP contribution < -0.4 is 4.74 Å². The van der Waals surface area contributed by atoms with Crippen LogP contribution in [0.3, 0.4) is 0 Å². The lowest BCUT2D eigenvalue weighted by atomic mass is 10.1. The van der Waals surface area contributed by atoms with Crippen molar-refractivity contribution in [1.82, 2.24) is 4.90 Å². The van der Waals surface area contributed by atoms with Gasteiger partial charge in [0.25, 0.3) is 0 Å². The summed E-state index contributed by atoms with van der Waals surface area (Å²) in [5, 5.41) is 18.7. The first kappa shape index (κ1) is 15.1. The van der Waals surface area contributed by atoms with Crippen molar-refractivity contribution < 1.29 is 24.5 Å². The summed E-state index contributed by atoms with van der Waals surface area (Å²) in [5.41, 5.74) is 0.928. The second-order valence-corrected chi connectivity index (χ2v) is 5.42. The molecule has 0 aliphatic carbocycles. The second kappa shape index (κ2) is 6.43. The molecule has 6 nitrogen and oxygen atoms in total. The van der Waals surface area contributed by atoms with Gasteiger partial charge in [0, 0.05) is 19.6 Å². The maximum atomic E-state index is 10.9. The third-order valence-electron chi connectivity index (χ3n) is 3.14. The molecule has 1 atom stereocenters. The molecule has 0 saturated carbocycles. The maximum Gasteiger partial charge on any atom is 0.334 e. The summed E-state index contributed by atoms with van der Waals surface area (Å²) in [7, 11) is 1.49. The van der Waals surface area contributed by atoms with Crippen LogP contribution in [0.25, 0.3) is 0 Å². The largest absolute Gasteiger partial charge is 0.503 e. The number of aliphatic carboxylic acids is 1. The molecular formula is C13H16BrNO5. The molecule has 0 spiro atoms. The Bertz CT molecular complexity index is 508. The summed E-state index contributed by atoms with van der Waals surface area (Å²) in [6.45, 7) is 1.98. The van der Waals surface area contributed by atoms with Crippen LogP contribution in [0.1, 0.15) is 5.56 Å². The van der Waals surface area contributed by atoms with E-state index >= 15 is 0 Å². The average Bonchev–Trinajstić information content (AvgIpc) is 2.43. The number of ether oxygens (including phenoxy) is 2. The summed E-state index contributed by atoms with van der Waals surface area (Å²) in [6, 6.07) is 3.54. The van der Waals surface area contributed by atoms with E-state index in [-0.39, 0.29) is 5.75 Å². The molecule has 110 valence electrons. The fourth-order valence-corrected chi connectivity index (χ4v) is 2.62. The number of nitrogens with zero attached hydrogens (tertiary/aromatic N) is 1. The van der Waals surface area contributed by atoms with Crippen molar-refractivity contribution in [3.8, 4) is 11.5 Å². The number of carbonyl (C=O) groups is 1. The van der Waals surface area contributed by atoms with Gasteiger partial charge in [-0.1, -0.05) is 0 Å². The Balaban J connectivity index is 2.10. The van der Waals surface area contributed by atoms with Gasteiger partial charge in [-0.05, 0) is 33.6 Å². The van der Waals surface area contributed by atoms with Crippen LogP contribution in [0.2, 0.25) is 0 Å². The third-order valence-corrected chi connectivity index (χ3v) is 3.74. The van der Waals surface area contributed by atoms with Crippen molar-refractivity contribution in [2.45, 2.75) is 12.6 Å². The first-order valence-electron chi connectivity index (χ1n) is 6.13. The summed E-state index contributed by atoms with van der Waals surface area (Å²) in [6.07, 6.45) is -0.786. The topological polar surface area (TPSA) is 79.2 Å². The molecule has 1 fully saturated rings. The second-order valence-electron chi connectivity index (χ2n) is 4.56. The van der Waals surface area contributed by atoms with Crippen molar-refractivity contribution in [3.05, 3.63) is 22.2 Å². The third kappa shape index (κ3) is 3.41. The van der Waals surface area contributed by atoms with E-state index in [9.17, 15) is 9.90 Å². The van der Waals surface area contributed by atoms with Gasteiger partial charge in [-0.2, -0.15) is 0 Å². The lowest BCUT2D eigenvalue weighted by Crippen LogP contribution is -2.45. The number of morpholine rings is 1. The fraction of sp³-hybridized carbons (Fsp3) is 0.462. The van der Waals surface area contributed by atoms with Gasteiger partial charge in [0.05, 0.1) is 18.2 Å². The van der Waals surface area contributed by atoms with Gasteiger partial charge >= 0.3 is 5.97 Å². The van der Waals surface area contributed by atoms with Crippen LogP contribution in [0.15, 0.2) is 16.6 Å². The number of phenolic OH excluding ortho intramolecular Hbond substituents is 1. The van der Waals surface area contributed by atoms with E-state index in [4.69, 9.17) is 14.6 Å². The number of carboxylic acids is 1. The van der Waals surface area contributed by atoms with Crippen LogP contribution in [0.5, 0.6) is 11.5 Å². The van der Waals surface area contributed by atoms with E-state index in [2.05, 4.69) is 15.9 Å². The normalized spacial score (nSPS) is 19.8. The quantitative estimate of drug-likeness (QED) is 0.859. The van der Waals surface area contributed by atoms with E-state index < -0.39 is 12.1 Å². The summed E-state index contributed by atoms with van der Waals surface area (Å²) in [4.78, 5) is 12.9. The predicted octanol–water partition coefficient (Wildman–Crippen LogP) is 1.45. The molecule has 7 heteroatoms. The zero-order valence-electron chi connectivity index (χ0n) is 11.0. The number of phenols is 1. The Kier molecular flexibility index (Phi) is 4.85. The first-order chi connectivity index (χ1) is 9.51. The fourth-order valence-electron chi connectivity index (χ4n) is 2.13. The highest BCUT2D eigenvalue weighted by atomic mass is 79.9. The Morgan fingerprint density at radius 3 is 3.00 bits per heavy atom. The van der Waals surface area contributed by atoms with Crippen molar-refractivity contribution in [2.75, 3.05) is 26.8 Å². The highest BCUT2D eigenvalue weighted by Gasteiger charge is 2.26. The van der Waals surface area contributed by atoms with Crippen LogP contribution in [0, 0.1) is 0 Å². The molecule has 1 aliphatic rings. The number of hydrogen-bond acceptors (Lipinski definition) is 5. The smallest absolute Gasteiger partial charge is 0.334 e. The molecule has 0 aromatic heterocycles. The number of carboxylic acid groups (broad SMARTS) is 1. The van der Waals surface area contributed by atoms with Gasteiger partial charge in [0.15, 0.2) is 17.6 Å². The molecule has 1 heterocycles. The molecule has 1 aliphatic heterocycles.